The van der Waals surface area contributed by atoms with E-state index in [4.69, 9.17) is 9.47 Å². The lowest BCUT2D eigenvalue weighted by Gasteiger charge is -2.24. The van der Waals surface area contributed by atoms with Gasteiger partial charge in [0.2, 0.25) is 0 Å². The van der Waals surface area contributed by atoms with E-state index in [-0.39, 0.29) is 31.1 Å². The minimum absolute atomic E-state index is 0.0771. The maximum Gasteiger partial charge on any atom is 0.320 e. The van der Waals surface area contributed by atoms with Crippen LogP contribution in [-0.2, 0) is 28.6 Å². The van der Waals surface area contributed by atoms with Crippen LogP contribution in [0.25, 0.3) is 0 Å². The highest BCUT2D eigenvalue weighted by molar-refractivity contribution is 5.72. The molecule has 0 spiro atoms. The molecule has 0 aliphatic carbocycles. The van der Waals surface area contributed by atoms with Gasteiger partial charge in [0, 0.05) is 19.9 Å². The molecule has 0 aliphatic rings. The Bertz CT molecular complexity index is 579. The normalized spacial score (nSPS) is 13.1. The van der Waals surface area contributed by atoms with Crippen LogP contribution in [0.4, 0.5) is 0 Å². The van der Waals surface area contributed by atoms with Crippen molar-refractivity contribution >= 4 is 17.9 Å². The van der Waals surface area contributed by atoms with Gasteiger partial charge in [-0.1, -0.05) is 51.2 Å². The van der Waals surface area contributed by atoms with Crippen molar-refractivity contribution in [2.45, 2.75) is 103 Å². The van der Waals surface area contributed by atoms with Crippen molar-refractivity contribution in [1.82, 2.24) is 4.90 Å². The van der Waals surface area contributed by atoms with E-state index in [9.17, 15) is 19.5 Å². The summed E-state index contributed by atoms with van der Waals surface area (Å²) in [6.45, 7) is 4.19. The highest BCUT2D eigenvalue weighted by Gasteiger charge is 2.22. The minimum Gasteiger partial charge on any atom is -0.469 e. The first-order valence-corrected chi connectivity index (χ1v) is 12.7. The van der Waals surface area contributed by atoms with E-state index in [0.29, 0.717) is 25.8 Å². The fraction of sp³-hybridized carbons (Fsp3) is 0.808. The van der Waals surface area contributed by atoms with Crippen molar-refractivity contribution in [1.29, 1.82) is 0 Å². The van der Waals surface area contributed by atoms with E-state index in [1.165, 1.54) is 14.0 Å². The zero-order chi connectivity index (χ0) is 25.6. The first-order valence-electron chi connectivity index (χ1n) is 12.7. The number of likely N-dealkylation sites (N-methyl/N-ethyl adjacent to an activating group) is 1. The van der Waals surface area contributed by atoms with E-state index in [1.54, 1.807) is 11.9 Å². The molecule has 0 saturated heterocycles. The number of hydrogen-bond donors (Lipinski definition) is 1. The van der Waals surface area contributed by atoms with Crippen molar-refractivity contribution in [2.75, 3.05) is 33.9 Å². The Labute approximate surface area is 206 Å². The number of carbonyl (C=O) groups is 3. The fourth-order valence-corrected chi connectivity index (χ4v) is 3.45. The molecule has 0 bridgehead atoms. The number of unbranched alkanes of at least 4 members (excludes halogenated alkanes) is 7. The van der Waals surface area contributed by atoms with Gasteiger partial charge in [0.1, 0.15) is 12.7 Å². The van der Waals surface area contributed by atoms with Gasteiger partial charge >= 0.3 is 17.9 Å². The fourth-order valence-electron chi connectivity index (χ4n) is 3.45. The molecule has 2 atom stereocenters. The van der Waals surface area contributed by atoms with Gasteiger partial charge in [0.15, 0.2) is 0 Å². The second-order valence-corrected chi connectivity index (χ2v) is 8.76. The summed E-state index contributed by atoms with van der Waals surface area (Å²) in [7, 11) is 3.17. The molecule has 0 fully saturated rings. The SMILES string of the molecule is CCCCCC(OC(=O)CN(C)CCOC(C)=O)C(O)C/C=C\CCCCCCCC(=O)OC. The summed E-state index contributed by atoms with van der Waals surface area (Å²) < 4.78 is 15.1. The highest BCUT2D eigenvalue weighted by atomic mass is 16.6. The van der Waals surface area contributed by atoms with Crippen molar-refractivity contribution in [3.63, 3.8) is 0 Å². The maximum atomic E-state index is 12.3. The van der Waals surface area contributed by atoms with E-state index in [2.05, 4.69) is 17.7 Å². The Hall–Kier alpha value is -1.93. The predicted octanol–water partition coefficient (Wildman–Crippen LogP) is 4.18. The second-order valence-electron chi connectivity index (χ2n) is 8.76. The molecular weight excluding hydrogens is 438 g/mol. The third-order valence-corrected chi connectivity index (χ3v) is 5.51. The topological polar surface area (TPSA) is 102 Å². The van der Waals surface area contributed by atoms with Crippen LogP contribution in [0, 0.1) is 0 Å². The monoisotopic (exact) mass is 485 g/mol. The highest BCUT2D eigenvalue weighted by Crippen LogP contribution is 2.15. The van der Waals surface area contributed by atoms with Crippen LogP contribution in [0.15, 0.2) is 12.2 Å². The zero-order valence-corrected chi connectivity index (χ0v) is 21.8. The van der Waals surface area contributed by atoms with E-state index < -0.39 is 12.2 Å². The average molecular weight is 486 g/mol. The van der Waals surface area contributed by atoms with Crippen LogP contribution in [0.3, 0.4) is 0 Å². The Morgan fingerprint density at radius 1 is 0.971 bits per heavy atom. The number of aliphatic hydroxyl groups excluding tert-OH is 1. The maximum absolute atomic E-state index is 12.3. The quantitative estimate of drug-likeness (QED) is 0.112. The molecule has 1 N–H and O–H groups in total. The first kappa shape index (κ1) is 32.1. The first-order chi connectivity index (χ1) is 16.3. The molecular formula is C26H47NO7. The van der Waals surface area contributed by atoms with E-state index >= 15 is 0 Å². The van der Waals surface area contributed by atoms with Crippen LogP contribution in [0.2, 0.25) is 0 Å². The molecule has 0 rings (SSSR count). The molecule has 8 nitrogen and oxygen atoms in total. The number of hydrogen-bond acceptors (Lipinski definition) is 8. The molecule has 0 radical (unpaired) electrons. The Morgan fingerprint density at radius 3 is 2.35 bits per heavy atom. The third kappa shape index (κ3) is 19.5. The van der Waals surface area contributed by atoms with Gasteiger partial charge in [0.05, 0.1) is 19.8 Å². The zero-order valence-electron chi connectivity index (χ0n) is 21.8. The number of allylic oxidation sites excluding steroid dienone is 1. The smallest absolute Gasteiger partial charge is 0.320 e. The van der Waals surface area contributed by atoms with E-state index in [1.807, 2.05) is 6.08 Å². The molecule has 8 heteroatoms. The number of carbonyl (C=O) groups excluding carboxylic acids is 3. The summed E-state index contributed by atoms with van der Waals surface area (Å²) in [4.78, 5) is 36.0. The van der Waals surface area contributed by atoms with Crippen LogP contribution in [-0.4, -0.2) is 74.0 Å². The standard InChI is InChI=1S/C26H47NO7/c1-5-6-13-17-24(34-26(31)21-27(3)19-20-33-22(2)28)23(29)16-14-11-9-7-8-10-12-15-18-25(30)32-4/h11,14,23-24,29H,5-10,12-13,15-21H2,1-4H3/b14-11-. The van der Waals surface area contributed by atoms with Crippen molar-refractivity contribution in [3.05, 3.63) is 12.2 Å². The molecule has 0 saturated carbocycles. The Morgan fingerprint density at radius 2 is 1.68 bits per heavy atom. The summed E-state index contributed by atoms with van der Waals surface area (Å²) >= 11 is 0. The Kier molecular flexibility index (Phi) is 20.4. The van der Waals surface area contributed by atoms with Crippen molar-refractivity contribution < 1.29 is 33.7 Å². The molecule has 0 aromatic carbocycles. The van der Waals surface area contributed by atoms with Gasteiger partial charge in [-0.2, -0.15) is 0 Å². The number of nitrogens with zero attached hydrogens (tertiary/aromatic N) is 1. The van der Waals surface area contributed by atoms with Crippen LogP contribution in [0.1, 0.15) is 90.9 Å². The minimum atomic E-state index is -0.735. The number of rotatable bonds is 21. The molecule has 2 unspecified atom stereocenters. The average Bonchev–Trinajstić information content (AvgIpc) is 2.78. The number of esters is 3. The van der Waals surface area contributed by atoms with Gasteiger partial charge in [-0.3, -0.25) is 19.3 Å². The van der Waals surface area contributed by atoms with Gasteiger partial charge in [-0.15, -0.1) is 0 Å². The Balaban J connectivity index is 4.26. The summed E-state index contributed by atoms with van der Waals surface area (Å²) in [5.74, 6) is -0.882. The molecule has 0 amide bonds. The van der Waals surface area contributed by atoms with Gasteiger partial charge < -0.3 is 19.3 Å². The number of methoxy groups -OCH3 is 1. The molecule has 0 heterocycles. The molecule has 34 heavy (non-hydrogen) atoms. The van der Waals surface area contributed by atoms with Crippen LogP contribution in [0.5, 0.6) is 0 Å². The van der Waals surface area contributed by atoms with E-state index in [0.717, 1.165) is 57.8 Å². The van der Waals surface area contributed by atoms with Crippen molar-refractivity contribution in [3.8, 4) is 0 Å². The van der Waals surface area contributed by atoms with Gasteiger partial charge in [-0.25, -0.2) is 0 Å². The predicted molar refractivity (Wildman–Crippen MR) is 132 cm³/mol. The lowest BCUT2D eigenvalue weighted by Crippen LogP contribution is -2.36. The summed E-state index contributed by atoms with van der Waals surface area (Å²) in [6, 6.07) is 0. The lowest BCUT2D eigenvalue weighted by molar-refractivity contribution is -0.156. The third-order valence-electron chi connectivity index (χ3n) is 5.51. The number of aliphatic hydroxyl groups is 1. The van der Waals surface area contributed by atoms with Crippen LogP contribution < -0.4 is 0 Å². The summed E-state index contributed by atoms with van der Waals surface area (Å²) in [6.07, 6.45) is 13.4. The lowest BCUT2D eigenvalue weighted by atomic mass is 10.0. The van der Waals surface area contributed by atoms with Crippen molar-refractivity contribution in [2.24, 2.45) is 0 Å². The second kappa shape index (κ2) is 21.6. The molecule has 0 aromatic heterocycles. The van der Waals surface area contributed by atoms with Gasteiger partial charge in [0.25, 0.3) is 0 Å². The largest absolute Gasteiger partial charge is 0.469 e. The molecule has 0 aliphatic heterocycles. The van der Waals surface area contributed by atoms with Crippen LogP contribution >= 0.6 is 0 Å². The molecule has 0 aromatic rings. The molecule has 198 valence electrons. The number of ether oxygens (including phenoxy) is 3. The summed E-state index contributed by atoms with van der Waals surface area (Å²) in [5.41, 5.74) is 0. The van der Waals surface area contributed by atoms with Gasteiger partial charge in [-0.05, 0) is 45.6 Å². The summed E-state index contributed by atoms with van der Waals surface area (Å²) in [5, 5.41) is 10.6.